The molecule has 1 aliphatic heterocycles. The van der Waals surface area contributed by atoms with Crippen LogP contribution in [0.1, 0.15) is 32.1 Å². The van der Waals surface area contributed by atoms with Crippen molar-refractivity contribution >= 4 is 16.8 Å². The number of rotatable bonds is 4. The molecule has 1 aromatic carbocycles. The summed E-state index contributed by atoms with van der Waals surface area (Å²) in [5.74, 6) is 0.182. The molecule has 116 valence electrons. The van der Waals surface area contributed by atoms with E-state index in [0.717, 1.165) is 25.9 Å². The molecule has 6 heteroatoms. The number of fused-ring (bicyclic) bond motifs is 1. The molecule has 0 unspecified atom stereocenters. The van der Waals surface area contributed by atoms with Gasteiger partial charge in [0.15, 0.2) is 0 Å². The topological polar surface area (TPSA) is 68.1 Å². The van der Waals surface area contributed by atoms with Gasteiger partial charge in [-0.25, -0.2) is 4.68 Å². The lowest BCUT2D eigenvalue weighted by Gasteiger charge is -2.26. The smallest absolute Gasteiger partial charge is 0.277 e. The Hall–Kier alpha value is -2.24. The third-order valence-corrected chi connectivity index (χ3v) is 4.10. The van der Waals surface area contributed by atoms with Crippen LogP contribution in [0.3, 0.4) is 0 Å². The highest BCUT2D eigenvalue weighted by atomic mass is 16.2. The number of carbonyl (C=O) groups excluding carboxylic acids is 1. The van der Waals surface area contributed by atoms with Gasteiger partial charge >= 0.3 is 0 Å². The second-order valence-electron chi connectivity index (χ2n) is 5.68. The molecular formula is C16H20N4O2. The average Bonchev–Trinajstić information content (AvgIpc) is 2.58. The minimum atomic E-state index is -0.143. The monoisotopic (exact) mass is 300 g/mol. The van der Waals surface area contributed by atoms with E-state index in [2.05, 4.69) is 10.3 Å². The maximum atomic E-state index is 12.3. The molecule has 0 saturated carbocycles. The van der Waals surface area contributed by atoms with Crippen LogP contribution in [0, 0.1) is 0 Å². The first-order valence-electron chi connectivity index (χ1n) is 7.86. The number of aromatic nitrogens is 3. The van der Waals surface area contributed by atoms with Gasteiger partial charge in [-0.05, 0) is 37.8 Å². The second kappa shape index (κ2) is 6.68. The van der Waals surface area contributed by atoms with E-state index < -0.39 is 0 Å². The van der Waals surface area contributed by atoms with Crippen molar-refractivity contribution in [1.29, 1.82) is 0 Å². The molecule has 6 nitrogen and oxygen atoms in total. The zero-order chi connectivity index (χ0) is 15.4. The van der Waals surface area contributed by atoms with Crippen molar-refractivity contribution in [2.75, 3.05) is 13.1 Å². The lowest BCUT2D eigenvalue weighted by Crippen LogP contribution is -2.35. The van der Waals surface area contributed by atoms with Gasteiger partial charge in [0.2, 0.25) is 5.91 Å². The molecule has 0 radical (unpaired) electrons. The maximum Gasteiger partial charge on any atom is 0.277 e. The summed E-state index contributed by atoms with van der Waals surface area (Å²) < 4.78 is 1.35. The van der Waals surface area contributed by atoms with Crippen molar-refractivity contribution in [2.45, 2.75) is 38.6 Å². The van der Waals surface area contributed by atoms with Crippen molar-refractivity contribution in [3.63, 3.8) is 0 Å². The highest BCUT2D eigenvalue weighted by Crippen LogP contribution is 2.11. The summed E-state index contributed by atoms with van der Waals surface area (Å²) in [5, 5.41) is 8.56. The molecule has 22 heavy (non-hydrogen) atoms. The first-order chi connectivity index (χ1) is 10.8. The number of hydrogen-bond acceptors (Lipinski definition) is 4. The Morgan fingerprint density at radius 2 is 1.91 bits per heavy atom. The van der Waals surface area contributed by atoms with E-state index in [4.69, 9.17) is 0 Å². The third kappa shape index (κ3) is 3.16. The number of piperidine rings is 1. The fourth-order valence-electron chi connectivity index (χ4n) is 2.85. The minimum Gasteiger partial charge on any atom is -0.343 e. The average molecular weight is 300 g/mol. The van der Waals surface area contributed by atoms with E-state index in [1.807, 2.05) is 17.0 Å². The van der Waals surface area contributed by atoms with Crippen LogP contribution < -0.4 is 5.56 Å². The summed E-state index contributed by atoms with van der Waals surface area (Å²) in [5.41, 5.74) is 0.462. The SMILES string of the molecule is O=C(CCCn1nnc2ccccc2c1=O)N1CCCCC1. The minimum absolute atomic E-state index is 0.143. The first kappa shape index (κ1) is 14.7. The summed E-state index contributed by atoms with van der Waals surface area (Å²) in [6.07, 6.45) is 4.48. The summed E-state index contributed by atoms with van der Waals surface area (Å²) in [6, 6.07) is 7.17. The standard InChI is InChI=1S/C16H20N4O2/c21-15(19-10-4-1-5-11-19)9-6-12-20-16(22)13-7-2-3-8-14(13)17-18-20/h2-3,7-8H,1,4-6,9-12H2. The van der Waals surface area contributed by atoms with Crippen molar-refractivity contribution in [3.8, 4) is 0 Å². The highest BCUT2D eigenvalue weighted by molar-refractivity contribution is 5.77. The van der Waals surface area contributed by atoms with Gasteiger partial charge in [-0.3, -0.25) is 9.59 Å². The van der Waals surface area contributed by atoms with E-state index in [1.165, 1.54) is 11.1 Å². The number of nitrogens with zero attached hydrogens (tertiary/aromatic N) is 4. The number of carbonyl (C=O) groups is 1. The van der Waals surface area contributed by atoms with Crippen LogP contribution in [0.5, 0.6) is 0 Å². The summed E-state index contributed by atoms with van der Waals surface area (Å²) >= 11 is 0. The van der Waals surface area contributed by atoms with Gasteiger partial charge in [0.1, 0.15) is 5.52 Å². The zero-order valence-electron chi connectivity index (χ0n) is 12.6. The Morgan fingerprint density at radius 3 is 2.73 bits per heavy atom. The predicted molar refractivity (Wildman–Crippen MR) is 83.5 cm³/mol. The fourth-order valence-corrected chi connectivity index (χ4v) is 2.85. The molecule has 1 fully saturated rings. The largest absolute Gasteiger partial charge is 0.343 e. The van der Waals surface area contributed by atoms with Crippen LogP contribution in [-0.4, -0.2) is 38.9 Å². The maximum absolute atomic E-state index is 12.3. The van der Waals surface area contributed by atoms with Gasteiger partial charge in [-0.2, -0.15) is 0 Å². The molecule has 0 spiro atoms. The third-order valence-electron chi connectivity index (χ3n) is 4.10. The van der Waals surface area contributed by atoms with E-state index in [9.17, 15) is 9.59 Å². The number of benzene rings is 1. The van der Waals surface area contributed by atoms with Crippen LogP contribution in [0.25, 0.3) is 10.9 Å². The summed E-state index contributed by atoms with van der Waals surface area (Å²) in [6.45, 7) is 2.17. The van der Waals surface area contributed by atoms with Crippen molar-refractivity contribution in [3.05, 3.63) is 34.6 Å². The Bertz CT molecular complexity index is 719. The van der Waals surface area contributed by atoms with Crippen LogP contribution in [0.2, 0.25) is 0 Å². The number of amides is 1. The Morgan fingerprint density at radius 1 is 1.14 bits per heavy atom. The lowest BCUT2D eigenvalue weighted by atomic mass is 10.1. The lowest BCUT2D eigenvalue weighted by molar-refractivity contribution is -0.132. The number of likely N-dealkylation sites (tertiary alicyclic amines) is 1. The van der Waals surface area contributed by atoms with Gasteiger partial charge in [0.05, 0.1) is 5.39 Å². The number of aryl methyl sites for hydroxylation is 1. The van der Waals surface area contributed by atoms with Gasteiger partial charge in [0.25, 0.3) is 5.56 Å². The van der Waals surface area contributed by atoms with Gasteiger partial charge in [0, 0.05) is 26.1 Å². The second-order valence-corrected chi connectivity index (χ2v) is 5.68. The van der Waals surface area contributed by atoms with Crippen molar-refractivity contribution in [1.82, 2.24) is 19.9 Å². The van der Waals surface area contributed by atoms with Crippen LogP contribution in [0.15, 0.2) is 29.1 Å². The molecule has 1 aliphatic rings. The fraction of sp³-hybridized carbons (Fsp3) is 0.500. The highest BCUT2D eigenvalue weighted by Gasteiger charge is 2.16. The molecule has 0 N–H and O–H groups in total. The van der Waals surface area contributed by atoms with Crippen LogP contribution >= 0.6 is 0 Å². The molecule has 2 heterocycles. The van der Waals surface area contributed by atoms with E-state index in [-0.39, 0.29) is 11.5 Å². The zero-order valence-corrected chi connectivity index (χ0v) is 12.6. The quantitative estimate of drug-likeness (QED) is 0.860. The molecule has 1 amide bonds. The van der Waals surface area contributed by atoms with Crippen LogP contribution in [-0.2, 0) is 11.3 Å². The molecule has 1 aromatic heterocycles. The molecular weight excluding hydrogens is 280 g/mol. The number of hydrogen-bond donors (Lipinski definition) is 0. The first-order valence-corrected chi connectivity index (χ1v) is 7.86. The van der Waals surface area contributed by atoms with Crippen molar-refractivity contribution < 1.29 is 4.79 Å². The molecule has 0 bridgehead atoms. The Kier molecular flexibility index (Phi) is 4.46. The molecule has 0 atom stereocenters. The van der Waals surface area contributed by atoms with Gasteiger partial charge in [-0.1, -0.05) is 17.3 Å². The summed E-state index contributed by atoms with van der Waals surface area (Å²) in [7, 11) is 0. The molecule has 0 aliphatic carbocycles. The summed E-state index contributed by atoms with van der Waals surface area (Å²) in [4.78, 5) is 26.3. The van der Waals surface area contributed by atoms with E-state index >= 15 is 0 Å². The Balaban J connectivity index is 1.61. The predicted octanol–water partition coefficient (Wildman–Crippen LogP) is 1.58. The van der Waals surface area contributed by atoms with Gasteiger partial charge in [-0.15, -0.1) is 5.10 Å². The normalized spacial score (nSPS) is 15.2. The Labute approximate surface area is 128 Å². The van der Waals surface area contributed by atoms with E-state index in [0.29, 0.717) is 30.3 Å². The van der Waals surface area contributed by atoms with Crippen LogP contribution in [0.4, 0.5) is 0 Å². The van der Waals surface area contributed by atoms with Gasteiger partial charge < -0.3 is 4.90 Å². The van der Waals surface area contributed by atoms with E-state index in [1.54, 1.807) is 12.1 Å². The molecule has 2 aromatic rings. The molecule has 3 rings (SSSR count). The van der Waals surface area contributed by atoms with Crippen molar-refractivity contribution in [2.24, 2.45) is 0 Å². The molecule has 1 saturated heterocycles.